The van der Waals surface area contributed by atoms with Crippen LogP contribution in [0.25, 0.3) is 0 Å². The highest BCUT2D eigenvalue weighted by Crippen LogP contribution is 2.24. The molecule has 8 heteroatoms. The van der Waals surface area contributed by atoms with Crippen LogP contribution < -0.4 is 10.2 Å². The van der Waals surface area contributed by atoms with Crippen molar-refractivity contribution in [3.63, 3.8) is 0 Å². The maximum atomic E-state index is 11.9. The van der Waals surface area contributed by atoms with E-state index in [4.69, 9.17) is 4.42 Å². The fourth-order valence-electron chi connectivity index (χ4n) is 2.64. The Morgan fingerprint density at radius 1 is 1.36 bits per heavy atom. The molecule has 2 N–H and O–H groups in total. The van der Waals surface area contributed by atoms with E-state index in [2.05, 4.69) is 15.3 Å². The summed E-state index contributed by atoms with van der Waals surface area (Å²) in [5.74, 6) is 2.58. The molecule has 3 rings (SSSR count). The molecule has 0 saturated carbocycles. The molecule has 1 saturated heterocycles. The lowest BCUT2D eigenvalue weighted by molar-refractivity contribution is -0.129. The summed E-state index contributed by atoms with van der Waals surface area (Å²) >= 11 is 0. The molecule has 1 aliphatic heterocycles. The van der Waals surface area contributed by atoms with E-state index < -0.39 is 5.60 Å². The molecule has 8 nitrogen and oxygen atoms in total. The van der Waals surface area contributed by atoms with Crippen molar-refractivity contribution in [2.45, 2.75) is 19.4 Å². The third-order valence-electron chi connectivity index (χ3n) is 4.32. The number of nitrogens with one attached hydrogen (secondary N) is 1. The Hall–Kier alpha value is -2.61. The number of hydrogen-bond donors (Lipinski definition) is 2. The van der Waals surface area contributed by atoms with E-state index in [-0.39, 0.29) is 12.5 Å². The van der Waals surface area contributed by atoms with Crippen LogP contribution in [0.4, 0.5) is 11.6 Å². The normalized spacial score (nSPS) is 17.5. The third kappa shape index (κ3) is 3.90. The van der Waals surface area contributed by atoms with Crippen LogP contribution in [-0.4, -0.2) is 59.1 Å². The van der Waals surface area contributed by atoms with Crippen LogP contribution in [0.1, 0.15) is 18.4 Å². The largest absolute Gasteiger partial charge is 0.463 e. The Labute approximate surface area is 146 Å². The zero-order valence-electron chi connectivity index (χ0n) is 14.7. The second-order valence-corrected chi connectivity index (χ2v) is 6.54. The number of piperazine rings is 1. The molecule has 1 aliphatic rings. The zero-order valence-corrected chi connectivity index (χ0v) is 14.7. The maximum absolute atomic E-state index is 11.9. The highest BCUT2D eigenvalue weighted by Gasteiger charge is 2.27. The Kier molecular flexibility index (Phi) is 4.63. The highest BCUT2D eigenvalue weighted by atomic mass is 16.4. The quantitative estimate of drug-likeness (QED) is 0.834. The summed E-state index contributed by atoms with van der Waals surface area (Å²) in [7, 11) is 1.80. The van der Waals surface area contributed by atoms with E-state index in [9.17, 15) is 9.90 Å². The van der Waals surface area contributed by atoms with Crippen LogP contribution in [-0.2, 0) is 10.4 Å². The van der Waals surface area contributed by atoms with Crippen LogP contribution in [0, 0.1) is 6.92 Å². The van der Waals surface area contributed by atoms with Crippen LogP contribution >= 0.6 is 0 Å². The van der Waals surface area contributed by atoms with Crippen molar-refractivity contribution in [3.05, 3.63) is 36.0 Å². The first-order valence-corrected chi connectivity index (χ1v) is 8.19. The number of carbonyl (C=O) groups excluding carboxylic acids is 1. The predicted octanol–water partition coefficient (Wildman–Crippen LogP) is 0.976. The molecule has 0 aromatic carbocycles. The Balaban J connectivity index is 1.67. The summed E-state index contributed by atoms with van der Waals surface area (Å²) in [6.07, 6.45) is 1.45. The Bertz CT molecular complexity index is 758. The fourth-order valence-corrected chi connectivity index (χ4v) is 2.64. The summed E-state index contributed by atoms with van der Waals surface area (Å²) in [5, 5.41) is 13.7. The number of carbonyl (C=O) groups is 1. The number of likely N-dealkylation sites (N-methyl/N-ethyl adjacent to an activating group) is 1. The van der Waals surface area contributed by atoms with Gasteiger partial charge in [0.25, 0.3) is 0 Å². The summed E-state index contributed by atoms with van der Waals surface area (Å²) in [6, 6.07) is 5.36. The van der Waals surface area contributed by atoms with Crippen molar-refractivity contribution in [3.8, 4) is 0 Å². The molecule has 1 amide bonds. The van der Waals surface area contributed by atoms with Gasteiger partial charge in [-0.1, -0.05) is 0 Å². The first kappa shape index (κ1) is 17.2. The lowest BCUT2D eigenvalue weighted by Crippen LogP contribution is -2.48. The molecule has 25 heavy (non-hydrogen) atoms. The summed E-state index contributed by atoms with van der Waals surface area (Å²) in [4.78, 5) is 23.9. The molecule has 1 unspecified atom stereocenters. The molecule has 0 aliphatic carbocycles. The standard InChI is InChI=1S/C17H23N5O3/c1-12-4-5-13(25-12)17(2,24)10-18-14-8-15(20-11-19-14)22-7-6-21(3)16(23)9-22/h4-5,8,11,24H,6-7,9-10H2,1-3H3,(H,18,19,20). The average Bonchev–Trinajstić information content (AvgIpc) is 3.03. The minimum absolute atomic E-state index is 0.0653. The molecule has 1 fully saturated rings. The second-order valence-electron chi connectivity index (χ2n) is 6.54. The number of aliphatic hydroxyl groups is 1. The van der Waals surface area contributed by atoms with Crippen molar-refractivity contribution in [2.24, 2.45) is 0 Å². The molecule has 3 heterocycles. The monoisotopic (exact) mass is 345 g/mol. The van der Waals surface area contributed by atoms with Crippen molar-refractivity contribution >= 4 is 17.5 Å². The number of furan rings is 1. The first-order chi connectivity index (χ1) is 11.8. The van der Waals surface area contributed by atoms with Crippen molar-refractivity contribution in [2.75, 3.05) is 43.4 Å². The van der Waals surface area contributed by atoms with Gasteiger partial charge in [0.1, 0.15) is 35.1 Å². The number of aromatic nitrogens is 2. The first-order valence-electron chi connectivity index (χ1n) is 8.19. The minimum Gasteiger partial charge on any atom is -0.463 e. The number of amides is 1. The molecule has 1 atom stereocenters. The molecule has 134 valence electrons. The van der Waals surface area contributed by atoms with Gasteiger partial charge in [-0.05, 0) is 26.0 Å². The lowest BCUT2D eigenvalue weighted by Gasteiger charge is -2.32. The summed E-state index contributed by atoms with van der Waals surface area (Å²) in [5.41, 5.74) is -1.16. The van der Waals surface area contributed by atoms with Gasteiger partial charge in [-0.15, -0.1) is 0 Å². The van der Waals surface area contributed by atoms with E-state index in [1.807, 2.05) is 17.9 Å². The van der Waals surface area contributed by atoms with E-state index in [1.165, 1.54) is 6.33 Å². The number of rotatable bonds is 5. The number of anilines is 2. The predicted molar refractivity (Wildman–Crippen MR) is 93.4 cm³/mol. The number of hydrogen-bond acceptors (Lipinski definition) is 7. The van der Waals surface area contributed by atoms with Gasteiger partial charge in [0.2, 0.25) is 5.91 Å². The highest BCUT2D eigenvalue weighted by molar-refractivity contribution is 5.82. The van der Waals surface area contributed by atoms with Gasteiger partial charge in [-0.25, -0.2) is 9.97 Å². The molecule has 0 spiro atoms. The average molecular weight is 345 g/mol. The summed E-state index contributed by atoms with van der Waals surface area (Å²) in [6.45, 7) is 5.44. The topological polar surface area (TPSA) is 94.7 Å². The molecular weight excluding hydrogens is 322 g/mol. The Morgan fingerprint density at radius 3 is 2.84 bits per heavy atom. The zero-order chi connectivity index (χ0) is 18.0. The van der Waals surface area contributed by atoms with Gasteiger partial charge in [0.05, 0.1) is 13.1 Å². The second kappa shape index (κ2) is 6.72. The van der Waals surface area contributed by atoms with Gasteiger partial charge in [0.15, 0.2) is 0 Å². The minimum atomic E-state index is -1.16. The van der Waals surface area contributed by atoms with E-state index >= 15 is 0 Å². The van der Waals surface area contributed by atoms with Crippen molar-refractivity contribution in [1.82, 2.24) is 14.9 Å². The van der Waals surface area contributed by atoms with Gasteiger partial charge in [-0.3, -0.25) is 4.79 Å². The number of nitrogens with zero attached hydrogens (tertiary/aromatic N) is 4. The molecule has 0 bridgehead atoms. The molecule has 0 radical (unpaired) electrons. The molecule has 2 aromatic heterocycles. The van der Waals surface area contributed by atoms with Crippen molar-refractivity contribution in [1.29, 1.82) is 0 Å². The SMILES string of the molecule is Cc1ccc(C(C)(O)CNc2cc(N3CCN(C)C(=O)C3)ncn2)o1. The van der Waals surface area contributed by atoms with Gasteiger partial charge in [0, 0.05) is 26.2 Å². The third-order valence-corrected chi connectivity index (χ3v) is 4.32. The van der Waals surface area contributed by atoms with E-state index in [0.29, 0.717) is 30.5 Å². The van der Waals surface area contributed by atoms with Crippen LogP contribution in [0.2, 0.25) is 0 Å². The van der Waals surface area contributed by atoms with Gasteiger partial charge >= 0.3 is 0 Å². The summed E-state index contributed by atoms with van der Waals surface area (Å²) < 4.78 is 5.50. The number of aryl methyl sites for hydroxylation is 1. The Morgan fingerprint density at radius 2 is 2.16 bits per heavy atom. The van der Waals surface area contributed by atoms with Crippen LogP contribution in [0.5, 0.6) is 0 Å². The fraction of sp³-hybridized carbons (Fsp3) is 0.471. The van der Waals surface area contributed by atoms with E-state index in [0.717, 1.165) is 12.3 Å². The molecule has 2 aromatic rings. The lowest BCUT2D eigenvalue weighted by atomic mass is 10.0. The van der Waals surface area contributed by atoms with Gasteiger partial charge < -0.3 is 24.6 Å². The van der Waals surface area contributed by atoms with Crippen LogP contribution in [0.15, 0.2) is 28.9 Å². The van der Waals surface area contributed by atoms with Crippen molar-refractivity contribution < 1.29 is 14.3 Å². The smallest absolute Gasteiger partial charge is 0.241 e. The maximum Gasteiger partial charge on any atom is 0.241 e. The van der Waals surface area contributed by atoms with Crippen LogP contribution in [0.3, 0.4) is 0 Å². The van der Waals surface area contributed by atoms with Gasteiger partial charge in [-0.2, -0.15) is 0 Å². The molecular formula is C17H23N5O3. The van der Waals surface area contributed by atoms with E-state index in [1.54, 1.807) is 31.0 Å².